The van der Waals surface area contributed by atoms with Crippen molar-refractivity contribution in [3.63, 3.8) is 0 Å². The van der Waals surface area contributed by atoms with Crippen LogP contribution in [-0.4, -0.2) is 33.5 Å². The lowest BCUT2D eigenvalue weighted by Crippen LogP contribution is -2.27. The van der Waals surface area contributed by atoms with Crippen molar-refractivity contribution >= 4 is 10.8 Å². The summed E-state index contributed by atoms with van der Waals surface area (Å²) in [6.07, 6.45) is 1.66. The normalized spacial score (nSPS) is 18.2. The van der Waals surface area contributed by atoms with Gasteiger partial charge in [0.25, 0.3) is 0 Å². The molecule has 1 aliphatic rings. The fraction of sp³-hybridized carbons (Fsp3) is 0.407. The molecule has 3 aromatic carbocycles. The molecule has 0 spiro atoms. The lowest BCUT2D eigenvalue weighted by Gasteiger charge is -2.29. The van der Waals surface area contributed by atoms with Gasteiger partial charge in [-0.3, -0.25) is 0 Å². The van der Waals surface area contributed by atoms with Crippen molar-refractivity contribution in [1.82, 2.24) is 0 Å². The summed E-state index contributed by atoms with van der Waals surface area (Å²) in [5, 5.41) is 1.08. The minimum atomic E-state index is -3.34. The molecule has 194 valence electrons. The SMILES string of the molecule is COCCCC1COC(c2ccc3c(F)c(CCc4cc(F)c(OC(F)F)c(F)c4)ccc3c2)OC1. The first kappa shape index (κ1) is 26.3. The summed E-state index contributed by atoms with van der Waals surface area (Å²) in [7, 11) is 1.67. The molecule has 0 bridgehead atoms. The highest BCUT2D eigenvalue weighted by molar-refractivity contribution is 5.84. The van der Waals surface area contributed by atoms with E-state index in [1.807, 2.05) is 6.07 Å². The Morgan fingerprint density at radius 3 is 2.33 bits per heavy atom. The van der Waals surface area contributed by atoms with E-state index in [0.717, 1.165) is 30.5 Å². The topological polar surface area (TPSA) is 36.9 Å². The highest BCUT2D eigenvalue weighted by atomic mass is 19.3. The largest absolute Gasteiger partial charge is 0.429 e. The number of hydrogen-bond acceptors (Lipinski definition) is 4. The van der Waals surface area contributed by atoms with Gasteiger partial charge >= 0.3 is 6.61 Å². The number of fused-ring (bicyclic) bond motifs is 1. The third-order valence-electron chi connectivity index (χ3n) is 6.21. The molecule has 0 radical (unpaired) electrons. The number of aryl methyl sites for hydroxylation is 2. The maximum absolute atomic E-state index is 15.2. The molecule has 1 fully saturated rings. The van der Waals surface area contributed by atoms with Crippen molar-refractivity contribution in [3.8, 4) is 5.75 Å². The summed E-state index contributed by atoms with van der Waals surface area (Å²) < 4.78 is 88.4. The van der Waals surface area contributed by atoms with Gasteiger partial charge in [-0.1, -0.05) is 24.3 Å². The fourth-order valence-electron chi connectivity index (χ4n) is 4.35. The minimum Gasteiger partial charge on any atom is -0.429 e. The van der Waals surface area contributed by atoms with Gasteiger partial charge in [0, 0.05) is 30.6 Å². The molecule has 0 aromatic heterocycles. The van der Waals surface area contributed by atoms with Crippen molar-refractivity contribution < 1.29 is 40.9 Å². The van der Waals surface area contributed by atoms with Gasteiger partial charge in [0.15, 0.2) is 23.7 Å². The first-order valence-electron chi connectivity index (χ1n) is 11.7. The summed E-state index contributed by atoms with van der Waals surface area (Å²) in [4.78, 5) is 0. The van der Waals surface area contributed by atoms with Crippen LogP contribution in [0.15, 0.2) is 42.5 Å². The molecular formula is C27H27F5O4. The van der Waals surface area contributed by atoms with Crippen LogP contribution >= 0.6 is 0 Å². The second-order valence-electron chi connectivity index (χ2n) is 8.79. The number of hydrogen-bond donors (Lipinski definition) is 0. The molecule has 0 unspecified atom stereocenters. The maximum Gasteiger partial charge on any atom is 0.387 e. The Labute approximate surface area is 205 Å². The molecule has 1 saturated heterocycles. The molecule has 36 heavy (non-hydrogen) atoms. The summed E-state index contributed by atoms with van der Waals surface area (Å²) in [5.74, 6) is -3.71. The van der Waals surface area contributed by atoms with E-state index < -0.39 is 36.1 Å². The monoisotopic (exact) mass is 510 g/mol. The molecule has 0 amide bonds. The number of alkyl halides is 2. The molecule has 1 heterocycles. The summed E-state index contributed by atoms with van der Waals surface area (Å²) in [6.45, 7) is -1.48. The van der Waals surface area contributed by atoms with Crippen molar-refractivity contribution in [2.24, 2.45) is 5.92 Å². The Balaban J connectivity index is 1.41. The van der Waals surface area contributed by atoms with Crippen molar-refractivity contribution in [1.29, 1.82) is 0 Å². The molecule has 0 saturated carbocycles. The van der Waals surface area contributed by atoms with Crippen LogP contribution < -0.4 is 4.74 Å². The van der Waals surface area contributed by atoms with Crippen LogP contribution in [0.4, 0.5) is 22.0 Å². The smallest absolute Gasteiger partial charge is 0.387 e. The lowest BCUT2D eigenvalue weighted by molar-refractivity contribution is -0.206. The lowest BCUT2D eigenvalue weighted by atomic mass is 9.98. The molecule has 4 rings (SSSR count). The molecule has 3 aromatic rings. The van der Waals surface area contributed by atoms with Gasteiger partial charge in [-0.2, -0.15) is 8.78 Å². The number of halogens is 5. The van der Waals surface area contributed by atoms with Gasteiger partial charge < -0.3 is 18.9 Å². The zero-order chi connectivity index (χ0) is 25.7. The van der Waals surface area contributed by atoms with Gasteiger partial charge in [-0.25, -0.2) is 13.2 Å². The predicted molar refractivity (Wildman–Crippen MR) is 124 cm³/mol. The Kier molecular flexibility index (Phi) is 8.77. The molecule has 0 aliphatic carbocycles. The van der Waals surface area contributed by atoms with Crippen LogP contribution in [-0.2, 0) is 27.1 Å². The zero-order valence-corrected chi connectivity index (χ0v) is 19.7. The van der Waals surface area contributed by atoms with Crippen LogP contribution in [0.2, 0.25) is 0 Å². The van der Waals surface area contributed by atoms with Crippen LogP contribution in [0.3, 0.4) is 0 Å². The van der Waals surface area contributed by atoms with Crippen molar-refractivity contribution in [2.75, 3.05) is 26.9 Å². The summed E-state index contributed by atoms with van der Waals surface area (Å²) in [5.41, 5.74) is 1.36. The van der Waals surface area contributed by atoms with Crippen LogP contribution in [0, 0.1) is 23.4 Å². The van der Waals surface area contributed by atoms with Gasteiger partial charge in [-0.15, -0.1) is 0 Å². The third kappa shape index (κ3) is 6.32. The van der Waals surface area contributed by atoms with Crippen LogP contribution in [0.5, 0.6) is 5.75 Å². The molecule has 0 N–H and O–H groups in total. The molecule has 1 aliphatic heterocycles. The van der Waals surface area contributed by atoms with E-state index in [4.69, 9.17) is 14.2 Å². The molecular weight excluding hydrogens is 483 g/mol. The average molecular weight is 510 g/mol. The Hall–Kier alpha value is -2.75. The fourth-order valence-corrected chi connectivity index (χ4v) is 4.35. The van der Waals surface area contributed by atoms with E-state index in [9.17, 15) is 17.6 Å². The Bertz CT molecular complexity index is 1160. The molecule has 4 nitrogen and oxygen atoms in total. The van der Waals surface area contributed by atoms with Crippen LogP contribution in [0.1, 0.15) is 35.8 Å². The second-order valence-corrected chi connectivity index (χ2v) is 8.79. The zero-order valence-electron chi connectivity index (χ0n) is 19.7. The predicted octanol–water partition coefficient (Wildman–Crippen LogP) is 6.73. The van der Waals surface area contributed by atoms with Gasteiger partial charge in [0.2, 0.25) is 0 Å². The summed E-state index contributed by atoms with van der Waals surface area (Å²) >= 11 is 0. The molecule has 0 atom stereocenters. The first-order chi connectivity index (χ1) is 17.4. The van der Waals surface area contributed by atoms with Gasteiger partial charge in [0.05, 0.1) is 13.2 Å². The third-order valence-corrected chi connectivity index (χ3v) is 6.21. The minimum absolute atomic E-state index is 0.110. The van der Waals surface area contributed by atoms with E-state index in [1.165, 1.54) is 0 Å². The average Bonchev–Trinajstić information content (AvgIpc) is 2.86. The van der Waals surface area contributed by atoms with Crippen LogP contribution in [0.25, 0.3) is 10.8 Å². The maximum atomic E-state index is 15.2. The highest BCUT2D eigenvalue weighted by Crippen LogP contribution is 2.31. The number of rotatable bonds is 10. The van der Waals surface area contributed by atoms with E-state index in [1.54, 1.807) is 31.4 Å². The quantitative estimate of drug-likeness (QED) is 0.224. The van der Waals surface area contributed by atoms with Crippen molar-refractivity contribution in [2.45, 2.75) is 38.6 Å². The number of ether oxygens (including phenoxy) is 4. The standard InChI is InChI=1S/C27H27F5O4/c1-33-10-2-3-17-14-34-26(35-15-17)20-8-9-21-19(13-20)7-6-18(24(21)30)5-4-16-11-22(28)25(23(29)12-16)36-27(31)32/h6-9,11-13,17,26-27H,2-5,10,14-15H2,1H3. The number of benzene rings is 3. The highest BCUT2D eigenvalue weighted by Gasteiger charge is 2.24. The van der Waals surface area contributed by atoms with Gasteiger partial charge in [0.1, 0.15) is 5.82 Å². The Morgan fingerprint density at radius 1 is 0.944 bits per heavy atom. The van der Waals surface area contributed by atoms with E-state index in [2.05, 4.69) is 4.74 Å². The number of methoxy groups -OCH3 is 1. The van der Waals surface area contributed by atoms with Gasteiger partial charge in [-0.05, 0) is 60.4 Å². The first-order valence-corrected chi connectivity index (χ1v) is 11.7. The van der Waals surface area contributed by atoms with Crippen molar-refractivity contribution in [3.05, 3.63) is 76.6 Å². The Morgan fingerprint density at radius 2 is 1.67 bits per heavy atom. The van der Waals surface area contributed by atoms with E-state index in [-0.39, 0.29) is 18.4 Å². The van der Waals surface area contributed by atoms with E-state index in [0.29, 0.717) is 42.1 Å². The summed E-state index contributed by atoms with van der Waals surface area (Å²) in [6, 6.07) is 10.5. The molecule has 9 heteroatoms. The van der Waals surface area contributed by atoms with E-state index >= 15 is 4.39 Å². The second kappa shape index (κ2) is 12.0.